The number of nitrogens with one attached hydrogen (secondary N) is 1. The third-order valence-corrected chi connectivity index (χ3v) is 5.66. The van der Waals surface area contributed by atoms with Gasteiger partial charge in [-0.2, -0.15) is 0 Å². The number of aryl methyl sites for hydroxylation is 1. The van der Waals surface area contributed by atoms with Crippen LogP contribution in [0.3, 0.4) is 0 Å². The van der Waals surface area contributed by atoms with E-state index in [1.807, 2.05) is 12.1 Å². The zero-order valence-electron chi connectivity index (χ0n) is 18.4. The molecule has 1 atom stereocenters. The number of piperidine rings is 1. The van der Waals surface area contributed by atoms with Crippen molar-refractivity contribution in [3.63, 3.8) is 0 Å². The zero-order chi connectivity index (χ0) is 21.8. The number of benzene rings is 2. The van der Waals surface area contributed by atoms with Gasteiger partial charge in [-0.05, 0) is 62.9 Å². The third kappa shape index (κ3) is 4.25. The second-order valence-corrected chi connectivity index (χ2v) is 7.63. The maximum absolute atomic E-state index is 13.0. The molecule has 0 aromatic heterocycles. The van der Waals surface area contributed by atoms with Crippen LogP contribution in [0.2, 0.25) is 0 Å². The third-order valence-electron chi connectivity index (χ3n) is 5.66. The van der Waals surface area contributed by atoms with Gasteiger partial charge in [0.25, 0.3) is 5.91 Å². The number of hydrogen-bond donors (Lipinski definition) is 2. The van der Waals surface area contributed by atoms with Gasteiger partial charge in [-0.3, -0.25) is 4.79 Å². The topological polar surface area (TPSA) is 86.1 Å². The lowest BCUT2D eigenvalue weighted by Gasteiger charge is -2.36. The number of nitrogens with two attached hydrogens (primary N) is 1. The normalized spacial score (nSPS) is 16.2. The molecule has 2 aromatic rings. The summed E-state index contributed by atoms with van der Waals surface area (Å²) in [5.74, 6) is 0.971. The number of ether oxygens (including phenoxy) is 3. The Balaban J connectivity index is 1.92. The Hall–Kier alpha value is -3.09. The van der Waals surface area contributed by atoms with Crippen molar-refractivity contribution in [2.75, 3.05) is 43.8 Å². The van der Waals surface area contributed by atoms with Gasteiger partial charge >= 0.3 is 0 Å². The molecule has 3 rings (SSSR count). The first-order valence-corrected chi connectivity index (χ1v) is 10.2. The number of nitrogen functional groups attached to an aromatic ring is 1. The highest BCUT2D eigenvalue weighted by Crippen LogP contribution is 2.39. The second-order valence-electron chi connectivity index (χ2n) is 7.63. The molecule has 0 aliphatic carbocycles. The molecular weight excluding hydrogens is 382 g/mol. The minimum Gasteiger partial charge on any atom is -0.493 e. The highest BCUT2D eigenvalue weighted by molar-refractivity contribution is 6.07. The smallest absolute Gasteiger partial charge is 0.255 e. The average Bonchev–Trinajstić information content (AvgIpc) is 2.75. The number of carbonyl (C=O) groups is 1. The molecule has 0 saturated carbocycles. The fourth-order valence-corrected chi connectivity index (χ4v) is 4.00. The van der Waals surface area contributed by atoms with E-state index < -0.39 is 0 Å². The molecule has 162 valence electrons. The van der Waals surface area contributed by atoms with Gasteiger partial charge in [0.15, 0.2) is 11.5 Å². The molecule has 1 aliphatic rings. The molecule has 1 aliphatic heterocycles. The van der Waals surface area contributed by atoms with E-state index in [-0.39, 0.29) is 5.91 Å². The number of amides is 1. The first-order valence-electron chi connectivity index (χ1n) is 10.2. The summed E-state index contributed by atoms with van der Waals surface area (Å²) < 4.78 is 16.0. The Kier molecular flexibility index (Phi) is 6.59. The van der Waals surface area contributed by atoms with E-state index in [1.165, 1.54) is 34.2 Å². The van der Waals surface area contributed by atoms with Crippen LogP contribution in [0.1, 0.15) is 42.1 Å². The van der Waals surface area contributed by atoms with E-state index in [4.69, 9.17) is 19.9 Å². The molecule has 0 radical (unpaired) electrons. The van der Waals surface area contributed by atoms with Crippen molar-refractivity contribution < 1.29 is 19.0 Å². The molecule has 30 heavy (non-hydrogen) atoms. The van der Waals surface area contributed by atoms with Crippen LogP contribution in [0.15, 0.2) is 24.3 Å². The van der Waals surface area contributed by atoms with Crippen LogP contribution >= 0.6 is 0 Å². The molecule has 1 amide bonds. The van der Waals surface area contributed by atoms with Crippen LogP contribution in [0.4, 0.5) is 17.1 Å². The molecule has 0 bridgehead atoms. The summed E-state index contributed by atoms with van der Waals surface area (Å²) in [5, 5.41) is 2.95. The lowest BCUT2D eigenvalue weighted by atomic mass is 10.0. The summed E-state index contributed by atoms with van der Waals surface area (Å²) in [5.41, 5.74) is 9.95. The van der Waals surface area contributed by atoms with Gasteiger partial charge in [0.05, 0.1) is 32.7 Å². The van der Waals surface area contributed by atoms with E-state index >= 15 is 0 Å². The first kappa shape index (κ1) is 21.6. The Labute approximate surface area is 178 Å². The van der Waals surface area contributed by atoms with Crippen molar-refractivity contribution in [1.82, 2.24) is 0 Å². The van der Waals surface area contributed by atoms with Gasteiger partial charge < -0.3 is 30.2 Å². The van der Waals surface area contributed by atoms with Gasteiger partial charge in [0.2, 0.25) is 5.75 Å². The predicted molar refractivity (Wildman–Crippen MR) is 120 cm³/mol. The molecule has 3 N–H and O–H groups in total. The Morgan fingerprint density at radius 2 is 1.73 bits per heavy atom. The summed E-state index contributed by atoms with van der Waals surface area (Å²) in [7, 11) is 4.56. The minimum absolute atomic E-state index is 0.303. The van der Waals surface area contributed by atoms with Crippen molar-refractivity contribution in [3.8, 4) is 17.2 Å². The summed E-state index contributed by atoms with van der Waals surface area (Å²) in [4.78, 5) is 15.4. The van der Waals surface area contributed by atoms with Crippen LogP contribution in [0.25, 0.3) is 0 Å². The molecule has 7 heteroatoms. The highest BCUT2D eigenvalue weighted by Gasteiger charge is 2.22. The van der Waals surface area contributed by atoms with E-state index in [0.29, 0.717) is 40.2 Å². The van der Waals surface area contributed by atoms with Gasteiger partial charge in [0, 0.05) is 23.8 Å². The zero-order valence-corrected chi connectivity index (χ0v) is 18.4. The van der Waals surface area contributed by atoms with Crippen molar-refractivity contribution in [1.29, 1.82) is 0 Å². The fourth-order valence-electron chi connectivity index (χ4n) is 4.00. The maximum atomic E-state index is 13.0. The largest absolute Gasteiger partial charge is 0.493 e. The van der Waals surface area contributed by atoms with Crippen molar-refractivity contribution in [2.45, 2.75) is 39.2 Å². The van der Waals surface area contributed by atoms with Crippen LogP contribution in [0, 0.1) is 6.92 Å². The number of hydrogen-bond acceptors (Lipinski definition) is 6. The SMILES string of the molecule is COc1cc(C(=O)Nc2cc(N3CCCC[C@H]3C)c(C)cc2N)cc(OC)c1OC. The molecule has 7 nitrogen and oxygen atoms in total. The van der Waals surface area contributed by atoms with Crippen molar-refractivity contribution >= 4 is 23.0 Å². The summed E-state index contributed by atoms with van der Waals surface area (Å²) in [6.07, 6.45) is 3.58. The van der Waals surface area contributed by atoms with E-state index in [0.717, 1.165) is 24.2 Å². The second kappa shape index (κ2) is 9.15. The van der Waals surface area contributed by atoms with Crippen LogP contribution in [-0.2, 0) is 0 Å². The van der Waals surface area contributed by atoms with Crippen molar-refractivity contribution in [3.05, 3.63) is 35.4 Å². The van der Waals surface area contributed by atoms with Gasteiger partial charge in [0.1, 0.15) is 0 Å². The predicted octanol–water partition coefficient (Wildman–Crippen LogP) is 4.23. The summed E-state index contributed by atoms with van der Waals surface area (Å²) in [6.45, 7) is 5.30. The summed E-state index contributed by atoms with van der Waals surface area (Å²) >= 11 is 0. The number of nitrogens with zero attached hydrogens (tertiary/aromatic N) is 1. The van der Waals surface area contributed by atoms with Gasteiger partial charge in [-0.25, -0.2) is 0 Å². The lowest BCUT2D eigenvalue weighted by molar-refractivity contribution is 0.102. The van der Waals surface area contributed by atoms with E-state index in [1.54, 1.807) is 12.1 Å². The number of anilines is 3. The first-order chi connectivity index (χ1) is 14.4. The Morgan fingerprint density at radius 3 is 2.30 bits per heavy atom. The standard InChI is InChI=1S/C23H31N3O4/c1-14-10-17(24)18(13-19(14)26-9-7-6-8-15(26)2)25-23(27)16-11-20(28-3)22(30-5)21(12-16)29-4/h10-13,15H,6-9,24H2,1-5H3,(H,25,27)/t15-/m1/s1. The van der Waals surface area contributed by atoms with Gasteiger partial charge in [-0.15, -0.1) is 0 Å². The lowest BCUT2D eigenvalue weighted by Crippen LogP contribution is -2.37. The summed E-state index contributed by atoms with van der Waals surface area (Å²) in [6, 6.07) is 7.59. The Bertz CT molecular complexity index is 904. The molecule has 1 fully saturated rings. The van der Waals surface area contributed by atoms with Crippen LogP contribution in [-0.4, -0.2) is 39.8 Å². The molecule has 0 unspecified atom stereocenters. The number of methoxy groups -OCH3 is 3. The maximum Gasteiger partial charge on any atom is 0.255 e. The number of rotatable bonds is 6. The molecular formula is C23H31N3O4. The monoisotopic (exact) mass is 413 g/mol. The highest BCUT2D eigenvalue weighted by atomic mass is 16.5. The fraction of sp³-hybridized carbons (Fsp3) is 0.435. The quantitative estimate of drug-likeness (QED) is 0.689. The van der Waals surface area contributed by atoms with E-state index in [2.05, 4.69) is 24.1 Å². The number of carbonyl (C=O) groups excluding carboxylic acids is 1. The van der Waals surface area contributed by atoms with Gasteiger partial charge in [-0.1, -0.05) is 0 Å². The van der Waals surface area contributed by atoms with E-state index in [9.17, 15) is 4.79 Å². The minimum atomic E-state index is -0.303. The average molecular weight is 414 g/mol. The van der Waals surface area contributed by atoms with Crippen LogP contribution < -0.4 is 30.2 Å². The Morgan fingerprint density at radius 1 is 1.07 bits per heavy atom. The molecule has 2 aromatic carbocycles. The van der Waals surface area contributed by atoms with Crippen molar-refractivity contribution in [2.24, 2.45) is 0 Å². The molecule has 1 heterocycles. The molecule has 0 spiro atoms. The molecule has 1 saturated heterocycles. The van der Waals surface area contributed by atoms with Crippen LogP contribution in [0.5, 0.6) is 17.2 Å².